The van der Waals surface area contributed by atoms with E-state index in [2.05, 4.69) is 27.7 Å². The number of benzene rings is 1. The van der Waals surface area contributed by atoms with Crippen molar-refractivity contribution in [2.45, 2.75) is 57.5 Å². The summed E-state index contributed by atoms with van der Waals surface area (Å²) >= 11 is 0. The normalized spacial score (nSPS) is 18.7. The van der Waals surface area contributed by atoms with Crippen molar-refractivity contribution in [2.75, 3.05) is 27.3 Å². The maximum atomic E-state index is 12.3. The summed E-state index contributed by atoms with van der Waals surface area (Å²) in [6.07, 6.45) is 6.23. The van der Waals surface area contributed by atoms with E-state index in [0.29, 0.717) is 5.92 Å². The molecule has 0 bridgehead atoms. The lowest BCUT2D eigenvalue weighted by Crippen LogP contribution is -2.51. The third-order valence-corrected chi connectivity index (χ3v) is 5.98. The predicted molar refractivity (Wildman–Crippen MR) is 111 cm³/mol. The van der Waals surface area contributed by atoms with Crippen LogP contribution in [0, 0.1) is 5.92 Å². The molecule has 7 heteroatoms. The molecule has 1 aromatic carbocycles. The Morgan fingerprint density at radius 1 is 1.07 bits per heavy atom. The minimum absolute atomic E-state index is 0.218. The number of hydrogen-bond donors (Lipinski definition) is 2. The van der Waals surface area contributed by atoms with Gasteiger partial charge in [0.1, 0.15) is 11.5 Å². The zero-order valence-corrected chi connectivity index (χ0v) is 17.7. The Kier molecular flexibility index (Phi) is 7.36. The van der Waals surface area contributed by atoms with Crippen LogP contribution >= 0.6 is 0 Å². The van der Waals surface area contributed by atoms with Gasteiger partial charge < -0.3 is 14.8 Å². The Bertz CT molecular complexity index is 690. The first kappa shape index (κ1) is 21.4. The molecule has 3 rings (SSSR count). The molecule has 0 spiro atoms. The van der Waals surface area contributed by atoms with Crippen LogP contribution in [0.3, 0.4) is 0 Å². The predicted octanol–water partition coefficient (Wildman–Crippen LogP) is 2.73. The Balaban J connectivity index is 1.41. The quantitative estimate of drug-likeness (QED) is 0.698. The molecule has 1 saturated heterocycles. The molecule has 1 heterocycles. The fraction of sp³-hybridized carbons (Fsp3) is 0.636. The van der Waals surface area contributed by atoms with Gasteiger partial charge in [-0.2, -0.15) is 0 Å². The summed E-state index contributed by atoms with van der Waals surface area (Å²) in [7, 11) is 3.34. The summed E-state index contributed by atoms with van der Waals surface area (Å²) in [4.78, 5) is 26.3. The Morgan fingerprint density at radius 3 is 2.24 bits per heavy atom. The van der Waals surface area contributed by atoms with Gasteiger partial charge in [0, 0.05) is 12.1 Å². The number of carbonyl (C=O) groups excluding carboxylic acids is 2. The van der Waals surface area contributed by atoms with Gasteiger partial charge in [0.15, 0.2) is 0 Å². The molecule has 2 aliphatic rings. The number of imide groups is 1. The van der Waals surface area contributed by atoms with E-state index in [-0.39, 0.29) is 24.0 Å². The van der Waals surface area contributed by atoms with E-state index in [1.807, 2.05) is 13.0 Å². The number of amides is 3. The molecular formula is C22H33N3O4. The van der Waals surface area contributed by atoms with Crippen LogP contribution in [0.2, 0.25) is 0 Å². The SMILES string of the molecule is COc1cc(CCC2CCN(C(C)C(=O)NC(=O)NC3CC3)CC2)cc(OC)c1. The van der Waals surface area contributed by atoms with E-state index >= 15 is 0 Å². The van der Waals surface area contributed by atoms with Gasteiger partial charge >= 0.3 is 6.03 Å². The second kappa shape index (κ2) is 9.96. The Morgan fingerprint density at radius 2 is 1.69 bits per heavy atom. The van der Waals surface area contributed by atoms with Gasteiger partial charge in [0.25, 0.3) is 0 Å². The number of nitrogens with zero attached hydrogens (tertiary/aromatic N) is 1. The van der Waals surface area contributed by atoms with Gasteiger partial charge in [-0.3, -0.25) is 15.0 Å². The average molecular weight is 404 g/mol. The van der Waals surface area contributed by atoms with Crippen molar-refractivity contribution >= 4 is 11.9 Å². The highest BCUT2D eigenvalue weighted by Crippen LogP contribution is 2.27. The fourth-order valence-corrected chi connectivity index (χ4v) is 3.84. The zero-order chi connectivity index (χ0) is 20.8. The molecule has 2 N–H and O–H groups in total. The number of carbonyl (C=O) groups is 2. The topological polar surface area (TPSA) is 79.9 Å². The monoisotopic (exact) mass is 403 g/mol. The number of ether oxygens (including phenoxy) is 2. The van der Waals surface area contributed by atoms with Gasteiger partial charge in [0.2, 0.25) is 5.91 Å². The van der Waals surface area contributed by atoms with Crippen molar-refractivity contribution < 1.29 is 19.1 Å². The second-order valence-corrected chi connectivity index (χ2v) is 8.15. The minimum Gasteiger partial charge on any atom is -0.497 e. The standard InChI is InChI=1S/C22H33N3O4/c1-15(21(26)24-22(27)23-18-6-7-18)25-10-8-16(9-11-25)4-5-17-12-19(28-2)14-20(13-17)29-3/h12-16,18H,4-11H2,1-3H3,(H2,23,24,26,27). The molecule has 3 amide bonds. The number of aryl methyl sites for hydroxylation is 1. The molecule has 160 valence electrons. The molecule has 1 saturated carbocycles. The molecular weight excluding hydrogens is 370 g/mol. The van der Waals surface area contributed by atoms with Crippen LogP contribution in [0.4, 0.5) is 4.79 Å². The first-order chi connectivity index (χ1) is 14.0. The number of hydrogen-bond acceptors (Lipinski definition) is 5. The number of likely N-dealkylation sites (tertiary alicyclic amines) is 1. The number of methoxy groups -OCH3 is 2. The number of rotatable bonds is 8. The summed E-state index contributed by atoms with van der Waals surface area (Å²) < 4.78 is 10.7. The van der Waals surface area contributed by atoms with E-state index in [0.717, 1.165) is 63.1 Å². The summed E-state index contributed by atoms with van der Waals surface area (Å²) in [6.45, 7) is 3.64. The summed E-state index contributed by atoms with van der Waals surface area (Å²) in [6, 6.07) is 5.61. The van der Waals surface area contributed by atoms with Crippen LogP contribution in [-0.2, 0) is 11.2 Å². The van der Waals surface area contributed by atoms with Crippen molar-refractivity contribution in [1.82, 2.24) is 15.5 Å². The van der Waals surface area contributed by atoms with Gasteiger partial charge in [-0.1, -0.05) is 0 Å². The van der Waals surface area contributed by atoms with Crippen LogP contribution in [0.1, 0.15) is 44.6 Å². The summed E-state index contributed by atoms with van der Waals surface area (Å²) in [5.41, 5.74) is 1.22. The van der Waals surface area contributed by atoms with Gasteiger partial charge in [-0.15, -0.1) is 0 Å². The highest BCUT2D eigenvalue weighted by Gasteiger charge is 2.29. The smallest absolute Gasteiger partial charge is 0.321 e. The fourth-order valence-electron chi connectivity index (χ4n) is 3.84. The van der Waals surface area contributed by atoms with Crippen LogP contribution in [0.15, 0.2) is 18.2 Å². The Labute approximate surface area is 173 Å². The lowest BCUT2D eigenvalue weighted by molar-refractivity contribution is -0.125. The van der Waals surface area contributed by atoms with Gasteiger partial charge in [-0.25, -0.2) is 4.79 Å². The van der Waals surface area contributed by atoms with Crippen LogP contribution in [-0.4, -0.2) is 56.2 Å². The third-order valence-electron chi connectivity index (χ3n) is 5.98. The lowest BCUT2D eigenvalue weighted by Gasteiger charge is -2.35. The number of urea groups is 1. The average Bonchev–Trinajstić information content (AvgIpc) is 3.55. The van der Waals surface area contributed by atoms with E-state index < -0.39 is 0 Å². The molecule has 0 radical (unpaired) electrons. The maximum absolute atomic E-state index is 12.3. The highest BCUT2D eigenvalue weighted by molar-refractivity contribution is 5.97. The molecule has 1 unspecified atom stereocenters. The molecule has 1 aromatic rings. The van der Waals surface area contributed by atoms with E-state index in [4.69, 9.17) is 9.47 Å². The van der Waals surface area contributed by atoms with E-state index in [9.17, 15) is 9.59 Å². The largest absolute Gasteiger partial charge is 0.497 e. The van der Waals surface area contributed by atoms with Crippen molar-refractivity contribution in [2.24, 2.45) is 5.92 Å². The summed E-state index contributed by atoms with van der Waals surface area (Å²) in [5, 5.41) is 5.26. The number of nitrogens with one attached hydrogen (secondary N) is 2. The van der Waals surface area contributed by atoms with Crippen molar-refractivity contribution in [1.29, 1.82) is 0 Å². The molecule has 1 aliphatic carbocycles. The Hall–Kier alpha value is -2.28. The highest BCUT2D eigenvalue weighted by atomic mass is 16.5. The first-order valence-electron chi connectivity index (χ1n) is 10.6. The van der Waals surface area contributed by atoms with Gasteiger partial charge in [0.05, 0.1) is 20.3 Å². The molecule has 1 atom stereocenters. The van der Waals surface area contributed by atoms with Gasteiger partial charge in [-0.05, 0) is 82.2 Å². The lowest BCUT2D eigenvalue weighted by atomic mass is 9.90. The van der Waals surface area contributed by atoms with Crippen LogP contribution in [0.5, 0.6) is 11.5 Å². The summed E-state index contributed by atoms with van der Waals surface area (Å²) in [5.74, 6) is 2.06. The molecule has 2 fully saturated rings. The van der Waals surface area contributed by atoms with Crippen molar-refractivity contribution in [3.05, 3.63) is 23.8 Å². The van der Waals surface area contributed by atoms with Crippen LogP contribution in [0.25, 0.3) is 0 Å². The van der Waals surface area contributed by atoms with E-state index in [1.54, 1.807) is 14.2 Å². The van der Waals surface area contributed by atoms with Crippen molar-refractivity contribution in [3.63, 3.8) is 0 Å². The second-order valence-electron chi connectivity index (χ2n) is 8.15. The molecule has 1 aliphatic heterocycles. The minimum atomic E-state index is -0.368. The van der Waals surface area contributed by atoms with Crippen molar-refractivity contribution in [3.8, 4) is 11.5 Å². The third kappa shape index (κ3) is 6.35. The van der Waals surface area contributed by atoms with E-state index in [1.165, 1.54) is 5.56 Å². The molecule has 29 heavy (non-hydrogen) atoms. The van der Waals surface area contributed by atoms with Crippen LogP contribution < -0.4 is 20.1 Å². The zero-order valence-electron chi connectivity index (χ0n) is 17.7. The number of piperidine rings is 1. The first-order valence-corrected chi connectivity index (χ1v) is 10.6. The molecule has 0 aromatic heterocycles. The molecule has 7 nitrogen and oxygen atoms in total. The maximum Gasteiger partial charge on any atom is 0.321 e.